The number of hydrogen-bond donors (Lipinski definition) is 1. The zero-order valence-electron chi connectivity index (χ0n) is 9.74. The minimum atomic E-state index is -4.65. The van der Waals surface area contributed by atoms with Crippen molar-refractivity contribution in [1.29, 1.82) is 0 Å². The molecule has 0 aliphatic carbocycles. The first-order chi connectivity index (χ1) is 8.86. The number of benzene rings is 1. The van der Waals surface area contributed by atoms with Gasteiger partial charge >= 0.3 is 6.18 Å². The molecule has 1 heterocycles. The van der Waals surface area contributed by atoms with Crippen molar-refractivity contribution in [2.24, 2.45) is 0 Å². The lowest BCUT2D eigenvalue weighted by Gasteiger charge is -2.15. The second-order valence-electron chi connectivity index (χ2n) is 4.17. The highest BCUT2D eigenvalue weighted by atomic mass is 19.4. The van der Waals surface area contributed by atoms with Crippen LogP contribution >= 0.6 is 0 Å². The Morgan fingerprint density at radius 3 is 2.63 bits per heavy atom. The van der Waals surface area contributed by atoms with Crippen molar-refractivity contribution < 1.29 is 22.8 Å². The van der Waals surface area contributed by atoms with Gasteiger partial charge in [-0.1, -0.05) is 0 Å². The molecule has 1 N–H and O–H groups in total. The molecule has 2 rings (SSSR count). The lowest BCUT2D eigenvalue weighted by atomic mass is 10.2. The van der Waals surface area contributed by atoms with Gasteiger partial charge in [-0.3, -0.25) is 15.4 Å². The fourth-order valence-corrected chi connectivity index (χ4v) is 1.84. The van der Waals surface area contributed by atoms with E-state index >= 15 is 0 Å². The van der Waals surface area contributed by atoms with Crippen molar-refractivity contribution >= 4 is 5.69 Å². The van der Waals surface area contributed by atoms with Crippen LogP contribution in [0.5, 0.6) is 5.75 Å². The summed E-state index contributed by atoms with van der Waals surface area (Å²) in [5.41, 5.74) is -1.72. The maximum atomic E-state index is 12.6. The molecular formula is C11H11F3N2O3. The van der Waals surface area contributed by atoms with Gasteiger partial charge in [0, 0.05) is 6.07 Å². The highest BCUT2D eigenvalue weighted by Gasteiger charge is 2.33. The van der Waals surface area contributed by atoms with Gasteiger partial charge in [0.1, 0.15) is 12.0 Å². The number of rotatable bonds is 3. The predicted octanol–water partition coefficient (Wildman–Crippen LogP) is 2.70. The highest BCUT2D eigenvalue weighted by Crippen LogP contribution is 2.35. The maximum absolute atomic E-state index is 12.6. The summed E-state index contributed by atoms with van der Waals surface area (Å²) in [6.07, 6.45) is -3.54. The molecule has 0 aromatic heterocycles. The van der Waals surface area contributed by atoms with E-state index in [9.17, 15) is 23.3 Å². The smallest absolute Gasteiger partial charge is 0.416 e. The van der Waals surface area contributed by atoms with Gasteiger partial charge in [0.05, 0.1) is 16.6 Å². The Labute approximate surface area is 106 Å². The Hall–Kier alpha value is -1.83. The molecule has 0 amide bonds. The first kappa shape index (κ1) is 13.6. The van der Waals surface area contributed by atoms with Crippen LogP contribution in [0.15, 0.2) is 18.2 Å². The number of halogens is 3. The molecule has 5 nitrogen and oxygen atoms in total. The van der Waals surface area contributed by atoms with E-state index in [1.807, 2.05) is 0 Å². The number of hydrogen-bond acceptors (Lipinski definition) is 4. The third-order valence-corrected chi connectivity index (χ3v) is 2.72. The van der Waals surface area contributed by atoms with E-state index in [0.717, 1.165) is 18.6 Å². The minimum absolute atomic E-state index is 0.152. The van der Waals surface area contributed by atoms with Gasteiger partial charge in [-0.05, 0) is 25.5 Å². The Morgan fingerprint density at radius 2 is 2.11 bits per heavy atom. The normalized spacial score (nSPS) is 19.4. The van der Waals surface area contributed by atoms with E-state index in [0.29, 0.717) is 19.0 Å². The average molecular weight is 276 g/mol. The fourth-order valence-electron chi connectivity index (χ4n) is 1.84. The molecule has 1 unspecified atom stereocenters. The van der Waals surface area contributed by atoms with Gasteiger partial charge in [-0.2, -0.15) is 13.2 Å². The Morgan fingerprint density at radius 1 is 1.37 bits per heavy atom. The van der Waals surface area contributed by atoms with E-state index in [-0.39, 0.29) is 5.75 Å². The molecule has 19 heavy (non-hydrogen) atoms. The summed E-state index contributed by atoms with van der Waals surface area (Å²) in [5.74, 6) is -0.152. The van der Waals surface area contributed by atoms with E-state index < -0.39 is 28.6 Å². The number of nitrogens with one attached hydrogen (secondary N) is 1. The molecule has 0 spiro atoms. The van der Waals surface area contributed by atoms with Crippen LogP contribution in [0.3, 0.4) is 0 Å². The second kappa shape index (κ2) is 5.04. The van der Waals surface area contributed by atoms with Crippen molar-refractivity contribution in [3.63, 3.8) is 0 Å². The maximum Gasteiger partial charge on any atom is 0.416 e. The van der Waals surface area contributed by atoms with Crippen LogP contribution in [-0.4, -0.2) is 17.7 Å². The van der Waals surface area contributed by atoms with E-state index in [1.165, 1.54) is 0 Å². The zero-order valence-corrected chi connectivity index (χ0v) is 9.74. The van der Waals surface area contributed by atoms with Crippen molar-refractivity contribution in [3.05, 3.63) is 33.9 Å². The van der Waals surface area contributed by atoms with Crippen LogP contribution in [-0.2, 0) is 6.18 Å². The van der Waals surface area contributed by atoms with E-state index in [4.69, 9.17) is 4.74 Å². The summed E-state index contributed by atoms with van der Waals surface area (Å²) < 4.78 is 43.2. The molecule has 1 aliphatic rings. The molecule has 0 radical (unpaired) electrons. The van der Waals surface area contributed by atoms with Crippen molar-refractivity contribution in [2.75, 3.05) is 6.54 Å². The first-order valence-electron chi connectivity index (χ1n) is 5.63. The topological polar surface area (TPSA) is 64.4 Å². The van der Waals surface area contributed by atoms with Crippen LogP contribution in [0.1, 0.15) is 18.4 Å². The standard InChI is InChI=1S/C11H11F3N2O3/c12-11(13,14)7-4-8(16(17)18)6-9(5-7)19-10-2-1-3-15-10/h4-6,10,15H,1-3H2. The lowest BCUT2D eigenvalue weighted by molar-refractivity contribution is -0.385. The van der Waals surface area contributed by atoms with Crippen LogP contribution in [0.2, 0.25) is 0 Å². The number of nitro groups is 1. The second-order valence-corrected chi connectivity index (χ2v) is 4.17. The average Bonchev–Trinajstić information content (AvgIpc) is 2.80. The fraction of sp³-hybridized carbons (Fsp3) is 0.455. The third-order valence-electron chi connectivity index (χ3n) is 2.72. The van der Waals surface area contributed by atoms with Crippen molar-refractivity contribution in [1.82, 2.24) is 5.32 Å². The zero-order chi connectivity index (χ0) is 14.0. The van der Waals surface area contributed by atoms with Crippen LogP contribution < -0.4 is 10.1 Å². The van der Waals surface area contributed by atoms with Gasteiger partial charge < -0.3 is 4.74 Å². The summed E-state index contributed by atoms with van der Waals surface area (Å²) in [4.78, 5) is 9.77. The number of nitro benzene ring substituents is 1. The van der Waals surface area contributed by atoms with Gasteiger partial charge in [-0.15, -0.1) is 0 Å². The SMILES string of the molecule is O=[N+]([O-])c1cc(OC2CCCN2)cc(C(F)(F)F)c1. The summed E-state index contributed by atoms with van der Waals surface area (Å²) in [5, 5.41) is 13.6. The Balaban J connectivity index is 2.31. The molecular weight excluding hydrogens is 265 g/mol. The largest absolute Gasteiger partial charge is 0.475 e. The summed E-state index contributed by atoms with van der Waals surface area (Å²) >= 11 is 0. The van der Waals surface area contributed by atoms with Crippen LogP contribution in [0, 0.1) is 10.1 Å². The van der Waals surface area contributed by atoms with E-state index in [2.05, 4.69) is 5.32 Å². The molecule has 1 atom stereocenters. The Bertz CT molecular complexity index is 485. The van der Waals surface area contributed by atoms with Crippen molar-refractivity contribution in [2.45, 2.75) is 25.2 Å². The quantitative estimate of drug-likeness (QED) is 0.681. The summed E-state index contributed by atoms with van der Waals surface area (Å²) in [7, 11) is 0. The monoisotopic (exact) mass is 276 g/mol. The summed E-state index contributed by atoms with van der Waals surface area (Å²) in [6, 6.07) is 2.26. The molecule has 1 saturated heterocycles. The minimum Gasteiger partial charge on any atom is -0.475 e. The van der Waals surface area contributed by atoms with Gasteiger partial charge in [0.25, 0.3) is 5.69 Å². The molecule has 0 saturated carbocycles. The molecule has 1 fully saturated rings. The van der Waals surface area contributed by atoms with Crippen LogP contribution in [0.25, 0.3) is 0 Å². The molecule has 8 heteroatoms. The molecule has 1 aromatic rings. The molecule has 1 aromatic carbocycles. The molecule has 0 bridgehead atoms. The van der Waals surface area contributed by atoms with Crippen LogP contribution in [0.4, 0.5) is 18.9 Å². The number of ether oxygens (including phenoxy) is 1. The highest BCUT2D eigenvalue weighted by molar-refractivity contribution is 5.44. The van der Waals surface area contributed by atoms with Gasteiger partial charge in [0.15, 0.2) is 0 Å². The third kappa shape index (κ3) is 3.34. The van der Waals surface area contributed by atoms with Gasteiger partial charge in [-0.25, -0.2) is 0 Å². The van der Waals surface area contributed by atoms with E-state index in [1.54, 1.807) is 0 Å². The molecule has 1 aliphatic heterocycles. The van der Waals surface area contributed by atoms with Crippen molar-refractivity contribution in [3.8, 4) is 5.75 Å². The number of nitrogens with zero attached hydrogens (tertiary/aromatic N) is 1. The van der Waals surface area contributed by atoms with Gasteiger partial charge in [0.2, 0.25) is 0 Å². The first-order valence-corrected chi connectivity index (χ1v) is 5.63. The Kier molecular flexibility index (Phi) is 3.61. The number of alkyl halides is 3. The summed E-state index contributed by atoms with van der Waals surface area (Å²) in [6.45, 7) is 0.714. The molecule has 104 valence electrons. The lowest BCUT2D eigenvalue weighted by Crippen LogP contribution is -2.27. The predicted molar refractivity (Wildman–Crippen MR) is 59.8 cm³/mol. The number of non-ortho nitro benzene ring substituents is 1.